The number of nitrogens with two attached hydrogens (primary N) is 1. The SMILES string of the molecule is CCCCN(CCCN)C(=O)CN1C[C@H](c2ccc3c(c2)CCO3)C(C(=O)O)[C@@H]1CCc1ccccn1. The summed E-state index contributed by atoms with van der Waals surface area (Å²) in [5.74, 6) is -0.674. The number of likely N-dealkylation sites (tertiary alicyclic amines) is 1. The minimum atomic E-state index is -0.811. The van der Waals surface area contributed by atoms with Gasteiger partial charge in [-0.2, -0.15) is 0 Å². The second kappa shape index (κ2) is 13.0. The van der Waals surface area contributed by atoms with E-state index < -0.39 is 11.9 Å². The Kier molecular flexibility index (Phi) is 9.52. The third-order valence-corrected chi connectivity index (χ3v) is 7.70. The molecule has 200 valence electrons. The zero-order valence-corrected chi connectivity index (χ0v) is 21.8. The van der Waals surface area contributed by atoms with Crippen molar-refractivity contribution in [1.29, 1.82) is 0 Å². The minimum Gasteiger partial charge on any atom is -0.493 e. The number of unbranched alkanes of at least 4 members (excludes halogenated alkanes) is 1. The number of fused-ring (bicyclic) bond motifs is 1. The van der Waals surface area contributed by atoms with Gasteiger partial charge in [0, 0.05) is 49.9 Å². The third kappa shape index (κ3) is 6.67. The van der Waals surface area contributed by atoms with Gasteiger partial charge in [0.25, 0.3) is 0 Å². The van der Waals surface area contributed by atoms with E-state index in [1.54, 1.807) is 6.20 Å². The van der Waals surface area contributed by atoms with E-state index in [1.165, 1.54) is 0 Å². The Hall–Kier alpha value is -2.97. The van der Waals surface area contributed by atoms with E-state index in [0.717, 1.165) is 48.3 Å². The molecule has 2 aromatic rings. The molecule has 0 spiro atoms. The summed E-state index contributed by atoms with van der Waals surface area (Å²) in [5, 5.41) is 10.4. The van der Waals surface area contributed by atoms with Gasteiger partial charge >= 0.3 is 5.97 Å². The first-order valence-electron chi connectivity index (χ1n) is 13.6. The molecule has 0 bridgehead atoms. The lowest BCUT2D eigenvalue weighted by Gasteiger charge is -2.29. The number of pyridine rings is 1. The molecule has 3 N–H and O–H groups in total. The van der Waals surface area contributed by atoms with Crippen molar-refractivity contribution in [2.75, 3.05) is 39.3 Å². The molecule has 8 nitrogen and oxygen atoms in total. The van der Waals surface area contributed by atoms with E-state index in [1.807, 2.05) is 35.2 Å². The highest BCUT2D eigenvalue weighted by molar-refractivity contribution is 5.79. The number of rotatable bonds is 13. The van der Waals surface area contributed by atoms with Gasteiger partial charge in [0.2, 0.25) is 5.91 Å². The topological polar surface area (TPSA) is 109 Å². The molecule has 37 heavy (non-hydrogen) atoms. The summed E-state index contributed by atoms with van der Waals surface area (Å²) in [5.41, 5.74) is 8.81. The number of aliphatic carboxylic acids is 1. The number of carboxylic acid groups (broad SMARTS) is 1. The van der Waals surface area contributed by atoms with E-state index >= 15 is 0 Å². The van der Waals surface area contributed by atoms with Crippen LogP contribution < -0.4 is 10.5 Å². The van der Waals surface area contributed by atoms with Crippen LogP contribution in [0.1, 0.15) is 55.3 Å². The van der Waals surface area contributed by atoms with E-state index in [2.05, 4.69) is 22.9 Å². The van der Waals surface area contributed by atoms with Gasteiger partial charge in [-0.25, -0.2) is 0 Å². The highest BCUT2D eigenvalue weighted by atomic mass is 16.5. The van der Waals surface area contributed by atoms with Crippen molar-refractivity contribution in [3.63, 3.8) is 0 Å². The Morgan fingerprint density at radius 2 is 2.05 bits per heavy atom. The number of benzene rings is 1. The zero-order chi connectivity index (χ0) is 26.2. The average molecular weight is 509 g/mol. The second-order valence-corrected chi connectivity index (χ2v) is 10.2. The first-order chi connectivity index (χ1) is 18.0. The highest BCUT2D eigenvalue weighted by Gasteiger charge is 2.47. The standard InChI is InChI=1S/C29H40N4O4/c1-2-3-15-32(16-6-13-30)27(34)20-33-19-24(21-8-11-26-22(18-21)12-17-37-26)28(29(35)36)25(33)10-9-23-7-4-5-14-31-23/h4-5,7-8,11,14,18,24-25,28H,2-3,6,9-10,12-13,15-17,19-20,30H2,1H3,(H,35,36)/t24-,25+,28?/m1/s1. The first kappa shape index (κ1) is 27.1. The number of carbonyl (C=O) groups is 2. The Morgan fingerprint density at radius 3 is 2.78 bits per heavy atom. The fourth-order valence-corrected chi connectivity index (χ4v) is 5.74. The van der Waals surface area contributed by atoms with Gasteiger partial charge in [-0.1, -0.05) is 31.5 Å². The molecular weight excluding hydrogens is 468 g/mol. The summed E-state index contributed by atoms with van der Waals surface area (Å²) < 4.78 is 5.67. The predicted octanol–water partition coefficient (Wildman–Crippen LogP) is 3.10. The van der Waals surface area contributed by atoms with Gasteiger partial charge in [0.1, 0.15) is 5.75 Å². The molecule has 2 aliphatic heterocycles. The van der Waals surface area contributed by atoms with Crippen molar-refractivity contribution in [3.8, 4) is 5.75 Å². The summed E-state index contributed by atoms with van der Waals surface area (Å²) in [4.78, 5) is 34.6. The number of aryl methyl sites for hydroxylation is 1. The van der Waals surface area contributed by atoms with Crippen LogP contribution in [-0.4, -0.2) is 77.1 Å². The quantitative estimate of drug-likeness (QED) is 0.428. The highest BCUT2D eigenvalue weighted by Crippen LogP contribution is 2.41. The normalized spacial score (nSPS) is 21.0. The number of hydrogen-bond donors (Lipinski definition) is 2. The Bertz CT molecular complexity index is 1040. The van der Waals surface area contributed by atoms with Crippen LogP contribution in [-0.2, 0) is 22.4 Å². The van der Waals surface area contributed by atoms with Crippen molar-refractivity contribution in [3.05, 3.63) is 59.4 Å². The van der Waals surface area contributed by atoms with E-state index in [-0.39, 0.29) is 24.4 Å². The van der Waals surface area contributed by atoms with Crippen molar-refractivity contribution < 1.29 is 19.4 Å². The summed E-state index contributed by atoms with van der Waals surface area (Å²) in [6.45, 7) is 5.41. The van der Waals surface area contributed by atoms with Crippen LogP contribution in [0, 0.1) is 5.92 Å². The molecule has 1 unspecified atom stereocenters. The molecule has 3 heterocycles. The van der Waals surface area contributed by atoms with Gasteiger partial charge in [0.05, 0.1) is 19.1 Å². The van der Waals surface area contributed by atoms with Crippen LogP contribution in [0.4, 0.5) is 0 Å². The number of nitrogens with zero attached hydrogens (tertiary/aromatic N) is 3. The van der Waals surface area contributed by atoms with Gasteiger partial charge < -0.3 is 20.5 Å². The zero-order valence-electron chi connectivity index (χ0n) is 21.8. The molecule has 3 atom stereocenters. The van der Waals surface area contributed by atoms with Gasteiger partial charge in [-0.05, 0) is 61.6 Å². The van der Waals surface area contributed by atoms with E-state index in [0.29, 0.717) is 45.6 Å². The second-order valence-electron chi connectivity index (χ2n) is 10.2. The van der Waals surface area contributed by atoms with Crippen LogP contribution in [0.25, 0.3) is 0 Å². The minimum absolute atomic E-state index is 0.0527. The number of ether oxygens (including phenoxy) is 1. The number of hydrogen-bond acceptors (Lipinski definition) is 6. The summed E-state index contributed by atoms with van der Waals surface area (Å²) in [6, 6.07) is 11.6. The molecular formula is C29H40N4O4. The smallest absolute Gasteiger partial charge is 0.308 e. The van der Waals surface area contributed by atoms with Crippen LogP contribution in [0.3, 0.4) is 0 Å². The van der Waals surface area contributed by atoms with Gasteiger partial charge in [-0.3, -0.25) is 19.5 Å². The molecule has 8 heteroatoms. The third-order valence-electron chi connectivity index (χ3n) is 7.70. The Morgan fingerprint density at radius 1 is 1.22 bits per heavy atom. The average Bonchev–Trinajstić information content (AvgIpc) is 3.52. The molecule has 0 radical (unpaired) electrons. The lowest BCUT2D eigenvalue weighted by molar-refractivity contribution is -0.143. The summed E-state index contributed by atoms with van der Waals surface area (Å²) >= 11 is 0. The molecule has 1 aromatic heterocycles. The van der Waals surface area contributed by atoms with Crippen LogP contribution in [0.15, 0.2) is 42.6 Å². The maximum atomic E-state index is 13.5. The fourth-order valence-electron chi connectivity index (χ4n) is 5.74. The summed E-state index contributed by atoms with van der Waals surface area (Å²) in [6.07, 6.45) is 6.60. The van der Waals surface area contributed by atoms with Crippen LogP contribution in [0.5, 0.6) is 5.75 Å². The van der Waals surface area contributed by atoms with Crippen molar-refractivity contribution >= 4 is 11.9 Å². The maximum Gasteiger partial charge on any atom is 0.308 e. The predicted molar refractivity (Wildman–Crippen MR) is 143 cm³/mol. The van der Waals surface area contributed by atoms with E-state index in [9.17, 15) is 14.7 Å². The molecule has 0 saturated carbocycles. The molecule has 1 saturated heterocycles. The Labute approximate surface area is 219 Å². The molecule has 4 rings (SSSR count). The van der Waals surface area contributed by atoms with Gasteiger partial charge in [0.15, 0.2) is 0 Å². The van der Waals surface area contributed by atoms with E-state index in [4.69, 9.17) is 10.5 Å². The van der Waals surface area contributed by atoms with Crippen molar-refractivity contribution in [1.82, 2.24) is 14.8 Å². The van der Waals surface area contributed by atoms with Gasteiger partial charge in [-0.15, -0.1) is 0 Å². The lowest BCUT2D eigenvalue weighted by atomic mass is 9.83. The number of carbonyl (C=O) groups excluding carboxylic acids is 1. The van der Waals surface area contributed by atoms with Crippen LogP contribution >= 0.6 is 0 Å². The largest absolute Gasteiger partial charge is 0.493 e. The summed E-state index contributed by atoms with van der Waals surface area (Å²) in [7, 11) is 0. The van der Waals surface area contributed by atoms with Crippen molar-refractivity contribution in [2.45, 2.75) is 57.4 Å². The lowest BCUT2D eigenvalue weighted by Crippen LogP contribution is -2.45. The van der Waals surface area contributed by atoms with Crippen LogP contribution in [0.2, 0.25) is 0 Å². The monoisotopic (exact) mass is 508 g/mol. The molecule has 0 aliphatic carbocycles. The first-order valence-corrected chi connectivity index (χ1v) is 13.6. The number of carboxylic acids is 1. The molecule has 2 aliphatic rings. The number of aromatic nitrogens is 1. The molecule has 1 fully saturated rings. The maximum absolute atomic E-state index is 13.5. The Balaban J connectivity index is 1.59. The fraction of sp³-hybridized carbons (Fsp3) is 0.552. The van der Waals surface area contributed by atoms with Crippen molar-refractivity contribution in [2.24, 2.45) is 11.7 Å². The molecule has 1 amide bonds. The molecule has 1 aromatic carbocycles. The number of amides is 1.